The van der Waals surface area contributed by atoms with E-state index in [2.05, 4.69) is 47.8 Å². The number of nitrogens with zero attached hydrogens (tertiary/aromatic N) is 2. The van der Waals surface area contributed by atoms with Gasteiger partial charge in [-0.05, 0) is 111 Å². The molecule has 2 aromatic carbocycles. The number of halogens is 4. The summed E-state index contributed by atoms with van der Waals surface area (Å²) in [5, 5.41) is 19.6. The van der Waals surface area contributed by atoms with Crippen molar-refractivity contribution < 1.29 is 64.6 Å². The van der Waals surface area contributed by atoms with Crippen molar-refractivity contribution in [3.05, 3.63) is 125 Å². The first-order chi connectivity index (χ1) is 31.0. The van der Waals surface area contributed by atoms with E-state index in [0.717, 1.165) is 20.3 Å². The maximum Gasteiger partial charge on any atom is 0.737 e. The van der Waals surface area contributed by atoms with E-state index in [4.69, 9.17) is 9.47 Å². The lowest BCUT2D eigenvalue weighted by atomic mass is 9.75. The lowest BCUT2D eigenvalue weighted by Gasteiger charge is -2.31. The third-order valence-electron chi connectivity index (χ3n) is 12.5. The van der Waals surface area contributed by atoms with Gasteiger partial charge in [0.2, 0.25) is 29.1 Å². The van der Waals surface area contributed by atoms with E-state index in [1.54, 1.807) is 57.2 Å². The normalized spacial score (nSPS) is 24.8. The van der Waals surface area contributed by atoms with Gasteiger partial charge in [-0.25, -0.2) is 0 Å². The lowest BCUT2D eigenvalue weighted by Crippen LogP contribution is -2.53. The number of carbonyl (C=O) groups is 5. The number of carbonyl (C=O) groups excluding carboxylic acids is 5. The SMILES string of the molecule is Cc1cc2c(s1)C1(O)OC(=O)[C@@H]3[C@H](C(=O)Nc4ccc(CNC(=O)C(CS(=O)(=O)O)NC(=O)CCC5=[N+]6C(=Cc7c(C)cc(C)n7[B-]6(F)F)C=C5)cc4)[C@H](c4ccc(Br)c(Br)c4)O[C@@]31C2=O. The first-order valence-electron chi connectivity index (χ1n) is 20.5. The molecule has 2 saturated heterocycles. The summed E-state index contributed by atoms with van der Waals surface area (Å²) < 4.78 is 80.3. The maximum absolute atomic E-state index is 15.9. The first kappa shape index (κ1) is 46.0. The number of aliphatic hydroxyl groups is 1. The fraction of sp³-hybridized carbons (Fsp3) is 0.302. The summed E-state index contributed by atoms with van der Waals surface area (Å²) in [6.07, 6.45) is 2.87. The Hall–Kier alpha value is -5.17. The largest absolute Gasteiger partial charge is 0.737 e. The van der Waals surface area contributed by atoms with Gasteiger partial charge in [-0.3, -0.25) is 28.5 Å². The number of ether oxygens (including phenoxy) is 2. The van der Waals surface area contributed by atoms with Crippen LogP contribution in [0.2, 0.25) is 0 Å². The summed E-state index contributed by atoms with van der Waals surface area (Å²) in [7, 11) is -4.79. The molecule has 2 fully saturated rings. The number of Topliss-reactive ketones (excluding diaryl/α,β-unsaturated/α-hetero) is 1. The van der Waals surface area contributed by atoms with Gasteiger partial charge in [0, 0.05) is 68.4 Å². The van der Waals surface area contributed by atoms with Gasteiger partial charge in [-0.15, -0.1) is 11.3 Å². The first-order valence-corrected chi connectivity index (χ1v) is 24.5. The summed E-state index contributed by atoms with van der Waals surface area (Å²) >= 11 is 7.96. The van der Waals surface area contributed by atoms with Gasteiger partial charge in [-0.1, -0.05) is 18.2 Å². The smallest absolute Gasteiger partial charge is 0.424 e. The average Bonchev–Trinajstić information content (AvgIpc) is 4.06. The molecule has 3 amide bonds. The van der Waals surface area contributed by atoms with Crippen molar-refractivity contribution in [2.75, 3.05) is 11.1 Å². The number of benzene rings is 2. The molecule has 0 saturated carbocycles. The summed E-state index contributed by atoms with van der Waals surface area (Å²) in [6, 6.07) is 12.5. The summed E-state index contributed by atoms with van der Waals surface area (Å²) in [6.45, 7) is 0.569. The van der Waals surface area contributed by atoms with Gasteiger partial charge in [0.1, 0.15) is 23.4 Å². The quantitative estimate of drug-likeness (QED) is 0.0692. The molecule has 0 radical (unpaired) electrons. The van der Waals surface area contributed by atoms with E-state index < -0.39 is 94.1 Å². The molecule has 16 nitrogen and oxygen atoms in total. The molecule has 6 heterocycles. The van der Waals surface area contributed by atoms with Crippen molar-refractivity contribution in [2.24, 2.45) is 11.8 Å². The molecular formula is C43H38BBr2F2N5O11S2. The van der Waals surface area contributed by atoms with Crippen molar-refractivity contribution in [3.63, 3.8) is 0 Å². The second kappa shape index (κ2) is 16.3. The van der Waals surface area contributed by atoms with Gasteiger partial charge < -0.3 is 48.1 Å². The predicted molar refractivity (Wildman–Crippen MR) is 243 cm³/mol. The Morgan fingerprint density at radius 3 is 2.45 bits per heavy atom. The number of anilines is 1. The zero-order chi connectivity index (χ0) is 47.4. The maximum atomic E-state index is 15.9. The van der Waals surface area contributed by atoms with Crippen LogP contribution in [0, 0.1) is 32.6 Å². The van der Waals surface area contributed by atoms with Crippen LogP contribution in [0.5, 0.6) is 0 Å². The van der Waals surface area contributed by atoms with E-state index in [-0.39, 0.29) is 40.5 Å². The zero-order valence-electron chi connectivity index (χ0n) is 34.9. The van der Waals surface area contributed by atoms with Crippen LogP contribution in [-0.4, -0.2) is 86.6 Å². The number of thiophene rings is 1. The molecule has 66 heavy (non-hydrogen) atoms. The van der Waals surface area contributed by atoms with E-state index in [9.17, 15) is 42.0 Å². The van der Waals surface area contributed by atoms with E-state index >= 15 is 8.63 Å². The van der Waals surface area contributed by atoms with Crippen molar-refractivity contribution in [1.29, 1.82) is 0 Å². The van der Waals surface area contributed by atoms with Crippen LogP contribution in [0.4, 0.5) is 14.3 Å². The van der Waals surface area contributed by atoms with Crippen LogP contribution in [0.15, 0.2) is 81.4 Å². The number of rotatable bonds is 12. The lowest BCUT2D eigenvalue weighted by molar-refractivity contribution is -0.362. The Labute approximate surface area is 396 Å². The number of hydrogen-bond acceptors (Lipinski definition) is 11. The number of hydrogen-bond donors (Lipinski definition) is 5. The minimum Gasteiger partial charge on any atom is -0.424 e. The van der Waals surface area contributed by atoms with Gasteiger partial charge in [0.15, 0.2) is 5.70 Å². The standard InChI is InChI=1S/C43H38BBr2F2N5O11S2/c1-20-14-21(2)52-32(20)17-27-10-9-26(53(27)44(52,47)48)11-13-33(54)51-31(19-66(60,61)62)39(56)49-18-23-4-7-25(8-5-23)50-40(57)34-35-41(58)64-43(59)38-28(15-22(3)65-38)37(55)42(35,43)63-36(34)24-6-12-29(45)30(46)16-24/h4-10,12,14-17,31,34-36,59H,11,13,18-19H2,1-3H3,(H,49,56)(H,50,57)(H,51,54)(H,60,61,62)/t31?,34-,35-,36-,42+,43?/m0/s1. The second-order valence-electron chi connectivity index (χ2n) is 16.8. The summed E-state index contributed by atoms with van der Waals surface area (Å²) in [5.74, 6) is -10.7. The third kappa shape index (κ3) is 7.42. The van der Waals surface area contributed by atoms with Gasteiger partial charge in [0.05, 0.1) is 16.9 Å². The highest BCUT2D eigenvalue weighted by Gasteiger charge is 2.83. The number of aromatic nitrogens is 1. The van der Waals surface area contributed by atoms with Crippen LogP contribution >= 0.6 is 43.2 Å². The monoisotopic (exact) mass is 1070 g/mol. The van der Waals surface area contributed by atoms with Gasteiger partial charge >= 0.3 is 12.9 Å². The number of esters is 1. The van der Waals surface area contributed by atoms with Gasteiger partial charge in [-0.2, -0.15) is 8.42 Å². The van der Waals surface area contributed by atoms with E-state index in [1.165, 1.54) is 36.4 Å². The minimum absolute atomic E-state index is 0.120. The van der Waals surface area contributed by atoms with Crippen molar-refractivity contribution >= 4 is 107 Å². The molecule has 9 rings (SSSR count). The van der Waals surface area contributed by atoms with Gasteiger partial charge in [0.25, 0.3) is 15.9 Å². The number of amides is 3. The molecule has 5 N–H and O–H groups in total. The summed E-state index contributed by atoms with van der Waals surface area (Å²) in [5.41, 5.74) is 0.875. The molecule has 23 heteroatoms. The molecule has 2 unspecified atom stereocenters. The molecule has 0 bridgehead atoms. The fourth-order valence-electron chi connectivity index (χ4n) is 9.66. The Morgan fingerprint density at radius 2 is 1.76 bits per heavy atom. The number of aryl methyl sites for hydroxylation is 3. The Kier molecular flexibility index (Phi) is 11.3. The molecular weight excluding hydrogens is 1040 g/mol. The highest BCUT2D eigenvalue weighted by Crippen LogP contribution is 2.66. The molecule has 4 aromatic rings. The molecule has 6 atom stereocenters. The number of fused-ring (bicyclic) bond motifs is 4. The Bertz CT molecular complexity index is 3050. The van der Waals surface area contributed by atoms with E-state index in [0.29, 0.717) is 41.9 Å². The Morgan fingerprint density at radius 1 is 1.03 bits per heavy atom. The molecule has 5 aliphatic rings. The minimum atomic E-state index is -4.79. The molecule has 344 valence electrons. The molecule has 1 spiro atoms. The second-order valence-corrected chi connectivity index (χ2v) is 21.3. The summed E-state index contributed by atoms with van der Waals surface area (Å²) in [4.78, 5) is 69.4. The third-order valence-corrected chi connectivity index (χ3v) is 16.3. The topological polar surface area (TPSA) is 222 Å². The Balaban J connectivity index is 0.871. The van der Waals surface area contributed by atoms with Crippen LogP contribution in [-0.2, 0) is 51.1 Å². The highest BCUT2D eigenvalue weighted by atomic mass is 79.9. The fourth-order valence-corrected chi connectivity index (χ4v) is 12.0. The van der Waals surface area contributed by atoms with Crippen LogP contribution < -0.4 is 16.0 Å². The number of nitrogens with one attached hydrogen (secondary N) is 3. The molecule has 2 aromatic heterocycles. The molecule has 1 aliphatic carbocycles. The zero-order valence-corrected chi connectivity index (χ0v) is 39.7. The van der Waals surface area contributed by atoms with E-state index in [1.807, 2.05) is 0 Å². The number of allylic oxidation sites excluding steroid dienone is 2. The van der Waals surface area contributed by atoms with Crippen molar-refractivity contribution in [1.82, 2.24) is 15.1 Å². The predicted octanol–water partition coefficient (Wildman–Crippen LogP) is 5.35. The van der Waals surface area contributed by atoms with Crippen LogP contribution in [0.1, 0.15) is 67.1 Å². The highest BCUT2D eigenvalue weighted by molar-refractivity contribution is 9.13. The van der Waals surface area contributed by atoms with Crippen LogP contribution in [0.3, 0.4) is 0 Å². The van der Waals surface area contributed by atoms with Crippen molar-refractivity contribution in [2.45, 2.75) is 63.7 Å². The van der Waals surface area contributed by atoms with Crippen molar-refractivity contribution in [3.8, 4) is 0 Å². The molecule has 4 aliphatic heterocycles. The van der Waals surface area contributed by atoms with Crippen LogP contribution in [0.25, 0.3) is 6.08 Å². The average molecular weight is 1070 g/mol. The number of ketones is 1.